The van der Waals surface area contributed by atoms with Crippen LogP contribution in [0.4, 0.5) is 0 Å². The van der Waals surface area contributed by atoms with E-state index in [9.17, 15) is 4.79 Å². The number of nitrogens with zero attached hydrogens (tertiary/aromatic N) is 4. The van der Waals surface area contributed by atoms with E-state index in [1.54, 1.807) is 23.9 Å². The van der Waals surface area contributed by atoms with Gasteiger partial charge in [0.25, 0.3) is 0 Å². The van der Waals surface area contributed by atoms with Gasteiger partial charge in [-0.15, -0.1) is 5.10 Å². The SMILES string of the molecule is CC(C)Cn1nnnc1SCc1ccc(C(N)=O)cc1. The van der Waals surface area contributed by atoms with Crippen LogP contribution in [0.3, 0.4) is 0 Å². The van der Waals surface area contributed by atoms with Gasteiger partial charge in [0.2, 0.25) is 11.1 Å². The molecule has 0 atom stereocenters. The van der Waals surface area contributed by atoms with E-state index in [0.717, 1.165) is 23.0 Å². The summed E-state index contributed by atoms with van der Waals surface area (Å²) in [5.41, 5.74) is 6.82. The van der Waals surface area contributed by atoms with Gasteiger partial charge in [0, 0.05) is 17.9 Å². The number of benzene rings is 1. The Labute approximate surface area is 121 Å². The first-order valence-corrected chi connectivity index (χ1v) is 7.32. The summed E-state index contributed by atoms with van der Waals surface area (Å²) in [4.78, 5) is 11.0. The van der Waals surface area contributed by atoms with E-state index in [-0.39, 0.29) is 0 Å². The zero-order valence-corrected chi connectivity index (χ0v) is 12.3. The number of primary amides is 1. The standard InChI is InChI=1S/C13H17N5OS/c1-9(2)7-18-13(15-16-17-18)20-8-10-3-5-11(6-4-10)12(14)19/h3-6,9H,7-8H2,1-2H3,(H2,14,19). The third-order valence-corrected chi connectivity index (χ3v) is 3.67. The van der Waals surface area contributed by atoms with Crippen LogP contribution in [-0.2, 0) is 12.3 Å². The van der Waals surface area contributed by atoms with Gasteiger partial charge in [0.1, 0.15) is 0 Å². The van der Waals surface area contributed by atoms with E-state index < -0.39 is 5.91 Å². The molecule has 1 aromatic heterocycles. The van der Waals surface area contributed by atoms with Crippen molar-refractivity contribution in [1.29, 1.82) is 0 Å². The first-order chi connectivity index (χ1) is 9.56. The number of carbonyl (C=O) groups is 1. The molecule has 0 fully saturated rings. The molecule has 0 saturated carbocycles. The summed E-state index contributed by atoms with van der Waals surface area (Å²) in [6.45, 7) is 5.05. The van der Waals surface area contributed by atoms with Crippen molar-refractivity contribution in [3.63, 3.8) is 0 Å². The van der Waals surface area contributed by atoms with Gasteiger partial charge in [-0.1, -0.05) is 37.7 Å². The highest BCUT2D eigenvalue weighted by Crippen LogP contribution is 2.20. The maximum Gasteiger partial charge on any atom is 0.248 e. The van der Waals surface area contributed by atoms with Gasteiger partial charge >= 0.3 is 0 Å². The van der Waals surface area contributed by atoms with Crippen LogP contribution >= 0.6 is 11.8 Å². The number of carbonyl (C=O) groups excluding carboxylic acids is 1. The molecule has 2 aromatic rings. The van der Waals surface area contributed by atoms with Crippen molar-refractivity contribution < 1.29 is 4.79 Å². The Kier molecular flexibility index (Phi) is 4.73. The molecule has 106 valence electrons. The van der Waals surface area contributed by atoms with Crippen LogP contribution in [0.25, 0.3) is 0 Å². The van der Waals surface area contributed by atoms with Crippen molar-refractivity contribution in [2.75, 3.05) is 0 Å². The van der Waals surface area contributed by atoms with Gasteiger partial charge in [0.05, 0.1) is 0 Å². The largest absolute Gasteiger partial charge is 0.366 e. The number of hydrogen-bond donors (Lipinski definition) is 1. The quantitative estimate of drug-likeness (QED) is 0.819. The molecular formula is C13H17N5OS. The summed E-state index contributed by atoms with van der Waals surface area (Å²) in [6.07, 6.45) is 0. The molecule has 0 aliphatic rings. The third kappa shape index (κ3) is 3.80. The Balaban J connectivity index is 1.98. The molecule has 20 heavy (non-hydrogen) atoms. The monoisotopic (exact) mass is 291 g/mol. The molecule has 7 heteroatoms. The molecule has 0 aliphatic heterocycles. The summed E-state index contributed by atoms with van der Waals surface area (Å²) in [5, 5.41) is 12.5. The first kappa shape index (κ1) is 14.5. The van der Waals surface area contributed by atoms with Crippen LogP contribution in [0, 0.1) is 5.92 Å². The molecule has 1 amide bonds. The lowest BCUT2D eigenvalue weighted by atomic mass is 10.1. The van der Waals surface area contributed by atoms with Crippen LogP contribution < -0.4 is 5.73 Å². The van der Waals surface area contributed by atoms with Gasteiger partial charge in [-0.25, -0.2) is 4.68 Å². The van der Waals surface area contributed by atoms with Crippen LogP contribution in [0.15, 0.2) is 29.4 Å². The highest BCUT2D eigenvalue weighted by molar-refractivity contribution is 7.98. The van der Waals surface area contributed by atoms with Crippen molar-refractivity contribution in [3.05, 3.63) is 35.4 Å². The molecule has 0 spiro atoms. The second-order valence-electron chi connectivity index (χ2n) is 4.89. The smallest absolute Gasteiger partial charge is 0.248 e. The maximum absolute atomic E-state index is 11.0. The molecule has 0 saturated heterocycles. The summed E-state index contributed by atoms with van der Waals surface area (Å²) < 4.78 is 1.81. The summed E-state index contributed by atoms with van der Waals surface area (Å²) in [5.74, 6) is 0.829. The van der Waals surface area contributed by atoms with E-state index in [4.69, 9.17) is 5.73 Å². The van der Waals surface area contributed by atoms with Gasteiger partial charge in [-0.2, -0.15) is 0 Å². The second-order valence-corrected chi connectivity index (χ2v) is 5.83. The summed E-state index contributed by atoms with van der Waals surface area (Å²) >= 11 is 1.57. The second kappa shape index (κ2) is 6.51. The highest BCUT2D eigenvalue weighted by Gasteiger charge is 2.08. The summed E-state index contributed by atoms with van der Waals surface area (Å²) in [7, 11) is 0. The first-order valence-electron chi connectivity index (χ1n) is 6.34. The minimum absolute atomic E-state index is 0.412. The predicted octanol–water partition coefficient (Wildman–Crippen LogP) is 1.72. The number of aromatic nitrogens is 4. The topological polar surface area (TPSA) is 86.7 Å². The summed E-state index contributed by atoms with van der Waals surface area (Å²) in [6, 6.07) is 7.25. The fourth-order valence-electron chi connectivity index (χ4n) is 1.67. The average molecular weight is 291 g/mol. The Morgan fingerprint density at radius 3 is 2.65 bits per heavy atom. The molecule has 0 bridgehead atoms. The van der Waals surface area contributed by atoms with E-state index in [1.807, 2.05) is 16.8 Å². The fourth-order valence-corrected chi connectivity index (χ4v) is 2.52. The number of rotatable bonds is 6. The van der Waals surface area contributed by atoms with Gasteiger partial charge in [-0.3, -0.25) is 4.79 Å². The fraction of sp³-hybridized carbons (Fsp3) is 0.385. The third-order valence-electron chi connectivity index (χ3n) is 2.64. The van der Waals surface area contributed by atoms with E-state index >= 15 is 0 Å². The molecule has 1 heterocycles. The Morgan fingerprint density at radius 2 is 2.05 bits per heavy atom. The van der Waals surface area contributed by atoms with Crippen LogP contribution in [0.5, 0.6) is 0 Å². The van der Waals surface area contributed by atoms with E-state index in [0.29, 0.717) is 11.5 Å². The Bertz CT molecular complexity index is 579. The van der Waals surface area contributed by atoms with Crippen LogP contribution in [0.2, 0.25) is 0 Å². The number of hydrogen-bond acceptors (Lipinski definition) is 5. The lowest BCUT2D eigenvalue weighted by Gasteiger charge is -2.06. The zero-order valence-electron chi connectivity index (χ0n) is 11.5. The predicted molar refractivity (Wildman–Crippen MR) is 77.2 cm³/mol. The van der Waals surface area contributed by atoms with Crippen molar-refractivity contribution in [2.45, 2.75) is 31.3 Å². The highest BCUT2D eigenvalue weighted by atomic mass is 32.2. The molecular weight excluding hydrogens is 274 g/mol. The Hall–Kier alpha value is -1.89. The minimum atomic E-state index is -0.412. The average Bonchev–Trinajstić information content (AvgIpc) is 2.83. The van der Waals surface area contributed by atoms with Crippen LogP contribution in [-0.4, -0.2) is 26.1 Å². The number of amides is 1. The number of nitrogens with two attached hydrogens (primary N) is 1. The molecule has 0 radical (unpaired) electrons. The van der Waals surface area contributed by atoms with Crippen molar-refractivity contribution in [3.8, 4) is 0 Å². The molecule has 0 aliphatic carbocycles. The van der Waals surface area contributed by atoms with Gasteiger partial charge in [0.15, 0.2) is 0 Å². The van der Waals surface area contributed by atoms with Crippen molar-refractivity contribution in [1.82, 2.24) is 20.2 Å². The van der Waals surface area contributed by atoms with Gasteiger partial charge in [-0.05, 0) is 34.0 Å². The lowest BCUT2D eigenvalue weighted by molar-refractivity contribution is 0.100. The molecule has 6 nitrogen and oxygen atoms in total. The van der Waals surface area contributed by atoms with Crippen molar-refractivity contribution in [2.24, 2.45) is 11.7 Å². The van der Waals surface area contributed by atoms with Crippen LogP contribution in [0.1, 0.15) is 29.8 Å². The van der Waals surface area contributed by atoms with Gasteiger partial charge < -0.3 is 5.73 Å². The minimum Gasteiger partial charge on any atom is -0.366 e. The molecule has 2 rings (SSSR count). The number of thioether (sulfide) groups is 1. The maximum atomic E-state index is 11.0. The van der Waals surface area contributed by atoms with E-state index in [2.05, 4.69) is 29.4 Å². The molecule has 1 aromatic carbocycles. The normalized spacial score (nSPS) is 10.9. The molecule has 0 unspecified atom stereocenters. The van der Waals surface area contributed by atoms with Crippen molar-refractivity contribution >= 4 is 17.7 Å². The lowest BCUT2D eigenvalue weighted by Crippen LogP contribution is -2.10. The molecule has 2 N–H and O–H groups in total. The van der Waals surface area contributed by atoms with E-state index in [1.165, 1.54) is 0 Å². The zero-order chi connectivity index (χ0) is 14.5. The Morgan fingerprint density at radius 1 is 1.35 bits per heavy atom. The number of tetrazole rings is 1.